The molecule has 1 atom stereocenters. The summed E-state index contributed by atoms with van der Waals surface area (Å²) in [5, 5.41) is 3.08. The molecule has 0 amide bonds. The number of alkyl halides is 1. The Labute approximate surface area is 130 Å². The molecule has 0 fully saturated rings. The molecule has 1 unspecified atom stereocenters. The predicted molar refractivity (Wildman–Crippen MR) is 80.8 cm³/mol. The quantitative estimate of drug-likeness (QED) is 0.597. The molecule has 1 N–H and O–H groups in total. The molecule has 0 saturated carbocycles. The molecule has 2 aromatic carbocycles. The first kappa shape index (κ1) is 15.4. The van der Waals surface area contributed by atoms with Crippen molar-refractivity contribution in [1.82, 2.24) is 5.32 Å². The van der Waals surface area contributed by atoms with Gasteiger partial charge in [0, 0.05) is 24.0 Å². The Hall–Kier alpha value is -0.970. The van der Waals surface area contributed by atoms with Crippen molar-refractivity contribution >= 4 is 27.5 Å². The highest BCUT2D eigenvalue weighted by Gasteiger charge is 2.15. The van der Waals surface area contributed by atoms with Crippen molar-refractivity contribution in [3.63, 3.8) is 0 Å². The molecule has 0 spiro atoms. The van der Waals surface area contributed by atoms with Crippen molar-refractivity contribution in [2.75, 3.05) is 5.88 Å². The molecule has 0 heterocycles. The maximum Gasteiger partial charge on any atom is 0.144 e. The molecule has 2 aromatic rings. The lowest BCUT2D eigenvalue weighted by Gasteiger charge is -2.17. The van der Waals surface area contributed by atoms with Gasteiger partial charge in [-0.2, -0.15) is 0 Å². The summed E-state index contributed by atoms with van der Waals surface area (Å²) in [4.78, 5) is 0. The van der Waals surface area contributed by atoms with Crippen LogP contribution in [-0.2, 0) is 6.54 Å². The van der Waals surface area contributed by atoms with Crippen molar-refractivity contribution in [1.29, 1.82) is 0 Å². The minimum absolute atomic E-state index is 0.00502. The molecule has 0 saturated heterocycles. The van der Waals surface area contributed by atoms with Crippen molar-refractivity contribution in [3.05, 3.63) is 69.7 Å². The Bertz CT molecular complexity index is 578. The van der Waals surface area contributed by atoms with E-state index in [-0.39, 0.29) is 22.6 Å². The average Bonchev–Trinajstić information content (AvgIpc) is 2.48. The van der Waals surface area contributed by atoms with E-state index in [4.69, 9.17) is 11.6 Å². The summed E-state index contributed by atoms with van der Waals surface area (Å²) < 4.78 is 27.8. The molecular formula is C15H13BrClF2N. The van der Waals surface area contributed by atoms with Crippen molar-refractivity contribution < 1.29 is 8.78 Å². The van der Waals surface area contributed by atoms with Crippen LogP contribution in [0.15, 0.2) is 46.9 Å². The van der Waals surface area contributed by atoms with Gasteiger partial charge in [-0.05, 0) is 33.6 Å². The van der Waals surface area contributed by atoms with Gasteiger partial charge >= 0.3 is 0 Å². The largest absolute Gasteiger partial charge is 0.305 e. The van der Waals surface area contributed by atoms with Crippen molar-refractivity contribution in [2.45, 2.75) is 12.6 Å². The first-order valence-corrected chi connectivity index (χ1v) is 7.43. The van der Waals surface area contributed by atoms with E-state index in [1.165, 1.54) is 12.1 Å². The van der Waals surface area contributed by atoms with Gasteiger partial charge in [0.25, 0.3) is 0 Å². The van der Waals surface area contributed by atoms with E-state index in [1.807, 2.05) is 30.3 Å². The molecule has 106 valence electrons. The number of benzene rings is 2. The smallest absolute Gasteiger partial charge is 0.144 e. The summed E-state index contributed by atoms with van der Waals surface area (Å²) in [6.07, 6.45) is 0. The summed E-state index contributed by atoms with van der Waals surface area (Å²) in [7, 11) is 0. The fraction of sp³-hybridized carbons (Fsp3) is 0.200. The third-order valence-corrected chi connectivity index (χ3v) is 3.94. The van der Waals surface area contributed by atoms with E-state index in [0.29, 0.717) is 5.88 Å². The first-order valence-electron chi connectivity index (χ1n) is 6.10. The number of hydrogen-bond acceptors (Lipinski definition) is 1. The second kappa shape index (κ2) is 7.16. The SMILES string of the molecule is Fc1ccc(Br)c(F)c1CNC(CCl)c1ccccc1. The number of nitrogens with one attached hydrogen (secondary N) is 1. The predicted octanol–water partition coefficient (Wildman–Crippen LogP) is 4.80. The Morgan fingerprint density at radius 1 is 1.10 bits per heavy atom. The minimum atomic E-state index is -0.584. The van der Waals surface area contributed by atoms with Crippen LogP contribution in [-0.4, -0.2) is 5.88 Å². The molecule has 2 rings (SSSR count). The van der Waals surface area contributed by atoms with Crippen LogP contribution < -0.4 is 5.32 Å². The van der Waals surface area contributed by atoms with E-state index in [0.717, 1.165) is 5.56 Å². The Balaban J connectivity index is 2.14. The third kappa shape index (κ3) is 3.57. The zero-order valence-corrected chi connectivity index (χ0v) is 12.9. The maximum absolute atomic E-state index is 13.9. The fourth-order valence-corrected chi connectivity index (χ4v) is 2.56. The van der Waals surface area contributed by atoms with Crippen LogP contribution in [0.1, 0.15) is 17.2 Å². The summed E-state index contributed by atoms with van der Waals surface area (Å²) >= 11 is 8.97. The van der Waals surface area contributed by atoms with Gasteiger partial charge in [-0.15, -0.1) is 11.6 Å². The van der Waals surface area contributed by atoms with E-state index >= 15 is 0 Å². The van der Waals surface area contributed by atoms with Crippen LogP contribution in [0.2, 0.25) is 0 Å². The fourth-order valence-electron chi connectivity index (χ4n) is 1.90. The summed E-state index contributed by atoms with van der Waals surface area (Å²) in [5.74, 6) is -0.834. The molecule has 0 aliphatic carbocycles. The lowest BCUT2D eigenvalue weighted by Crippen LogP contribution is -2.23. The average molecular weight is 361 g/mol. The van der Waals surface area contributed by atoms with Crippen LogP contribution in [0, 0.1) is 11.6 Å². The lowest BCUT2D eigenvalue weighted by molar-refractivity contribution is 0.508. The Kier molecular flexibility index (Phi) is 5.52. The van der Waals surface area contributed by atoms with Gasteiger partial charge in [-0.3, -0.25) is 0 Å². The first-order chi connectivity index (χ1) is 9.63. The van der Waals surface area contributed by atoms with Gasteiger partial charge in [-0.25, -0.2) is 8.78 Å². The van der Waals surface area contributed by atoms with Gasteiger partial charge in [-0.1, -0.05) is 30.3 Å². The highest BCUT2D eigenvalue weighted by atomic mass is 79.9. The normalized spacial score (nSPS) is 12.4. The van der Waals surface area contributed by atoms with Crippen LogP contribution in [0.4, 0.5) is 8.78 Å². The van der Waals surface area contributed by atoms with Crippen LogP contribution >= 0.6 is 27.5 Å². The van der Waals surface area contributed by atoms with Crippen LogP contribution in [0.25, 0.3) is 0 Å². The lowest BCUT2D eigenvalue weighted by atomic mass is 10.1. The molecule has 0 aliphatic rings. The van der Waals surface area contributed by atoms with Gasteiger partial charge in [0.15, 0.2) is 0 Å². The molecule has 5 heteroatoms. The van der Waals surface area contributed by atoms with E-state index in [1.54, 1.807) is 0 Å². The van der Waals surface area contributed by atoms with Crippen LogP contribution in [0.3, 0.4) is 0 Å². The van der Waals surface area contributed by atoms with E-state index in [9.17, 15) is 8.78 Å². The molecule has 0 aromatic heterocycles. The second-order valence-corrected chi connectivity index (χ2v) is 5.48. The van der Waals surface area contributed by atoms with Gasteiger partial charge < -0.3 is 5.32 Å². The molecule has 20 heavy (non-hydrogen) atoms. The zero-order valence-electron chi connectivity index (χ0n) is 10.5. The summed E-state index contributed by atoms with van der Waals surface area (Å²) in [6.45, 7) is 0.0728. The maximum atomic E-state index is 13.9. The van der Waals surface area contributed by atoms with E-state index < -0.39 is 11.6 Å². The number of halogens is 4. The third-order valence-electron chi connectivity index (χ3n) is 3.02. The molecule has 0 radical (unpaired) electrons. The highest BCUT2D eigenvalue weighted by Crippen LogP contribution is 2.23. The topological polar surface area (TPSA) is 12.0 Å². The summed E-state index contributed by atoms with van der Waals surface area (Å²) in [5.41, 5.74) is 0.990. The molecule has 0 bridgehead atoms. The molecule has 0 aliphatic heterocycles. The Morgan fingerprint density at radius 3 is 2.45 bits per heavy atom. The highest BCUT2D eigenvalue weighted by molar-refractivity contribution is 9.10. The van der Waals surface area contributed by atoms with Crippen molar-refractivity contribution in [2.24, 2.45) is 0 Å². The second-order valence-electron chi connectivity index (χ2n) is 4.32. The molecule has 1 nitrogen and oxygen atoms in total. The van der Waals surface area contributed by atoms with Gasteiger partial charge in [0.1, 0.15) is 11.6 Å². The van der Waals surface area contributed by atoms with Gasteiger partial charge in [0.2, 0.25) is 0 Å². The van der Waals surface area contributed by atoms with Crippen molar-refractivity contribution in [3.8, 4) is 0 Å². The number of rotatable bonds is 5. The molecular weight excluding hydrogens is 348 g/mol. The standard InChI is InChI=1S/C15H13BrClF2N/c16-12-6-7-13(18)11(15(12)19)9-20-14(8-17)10-4-2-1-3-5-10/h1-7,14,20H,8-9H2. The van der Waals surface area contributed by atoms with E-state index in [2.05, 4.69) is 21.2 Å². The van der Waals surface area contributed by atoms with Gasteiger partial charge in [0.05, 0.1) is 4.47 Å². The minimum Gasteiger partial charge on any atom is -0.305 e. The van der Waals surface area contributed by atoms with Crippen LogP contribution in [0.5, 0.6) is 0 Å². The monoisotopic (exact) mass is 359 g/mol. The summed E-state index contributed by atoms with van der Waals surface area (Å²) in [6, 6.07) is 12.0. The number of hydrogen-bond donors (Lipinski definition) is 1. The zero-order chi connectivity index (χ0) is 14.5. The Morgan fingerprint density at radius 2 is 1.80 bits per heavy atom.